The van der Waals surface area contributed by atoms with E-state index in [1.165, 1.54) is 0 Å². The zero-order valence-electron chi connectivity index (χ0n) is 31.8. The monoisotopic (exact) mass is 908 g/mol. The lowest BCUT2D eigenvalue weighted by atomic mass is 10.0. The molecule has 61 heavy (non-hydrogen) atoms. The molecule has 0 radical (unpaired) electrons. The van der Waals surface area contributed by atoms with Crippen molar-refractivity contribution in [3.63, 3.8) is 0 Å². The molecule has 3 aromatic rings. The van der Waals surface area contributed by atoms with Crippen LogP contribution in [0.4, 0.5) is 39.5 Å². The summed E-state index contributed by atoms with van der Waals surface area (Å²) in [6.07, 6.45) is -7.68. The van der Waals surface area contributed by atoms with Gasteiger partial charge in [0.2, 0.25) is 11.8 Å². The largest absolute Gasteiger partial charge is 0.490 e. The summed E-state index contributed by atoms with van der Waals surface area (Å²) in [5.74, 6) is -9.15. The number of carbonyl (C=O) groups is 6. The van der Waals surface area contributed by atoms with Crippen LogP contribution in [-0.4, -0.2) is 144 Å². The Morgan fingerprint density at radius 1 is 0.902 bits per heavy atom. The fourth-order valence-corrected chi connectivity index (χ4v) is 5.81. The number of hydrogen-bond acceptors (Lipinski definition) is 10. The van der Waals surface area contributed by atoms with E-state index in [1.54, 1.807) is 24.3 Å². The Morgan fingerprint density at radius 2 is 1.44 bits per heavy atom. The number of benzene rings is 2. The molecular formula is C35H41F9N6O10S. The number of rotatable bonds is 14. The third-order valence-corrected chi connectivity index (χ3v) is 8.69. The number of nitrogens with one attached hydrogen (secondary N) is 2. The van der Waals surface area contributed by atoms with Crippen LogP contribution in [0.15, 0.2) is 55.0 Å². The van der Waals surface area contributed by atoms with Gasteiger partial charge in [0.05, 0.1) is 24.6 Å². The van der Waals surface area contributed by atoms with Crippen LogP contribution in [0.25, 0.3) is 10.8 Å². The van der Waals surface area contributed by atoms with Crippen molar-refractivity contribution in [3.8, 4) is 0 Å². The highest BCUT2D eigenvalue weighted by molar-refractivity contribution is 7.98. The summed E-state index contributed by atoms with van der Waals surface area (Å²) < 4.78 is 95.2. The number of nitrogens with two attached hydrogens (primary N) is 1. The molecule has 8 N–H and O–H groups in total. The van der Waals surface area contributed by atoms with Gasteiger partial charge in [-0.2, -0.15) is 51.3 Å². The second-order valence-corrected chi connectivity index (χ2v) is 13.6. The first-order chi connectivity index (χ1) is 28.2. The first kappa shape index (κ1) is 53.4. The summed E-state index contributed by atoms with van der Waals surface area (Å²) in [4.78, 5) is 75.8. The third-order valence-electron chi connectivity index (χ3n) is 8.04. The van der Waals surface area contributed by atoms with Crippen LogP contribution in [0.2, 0.25) is 0 Å². The van der Waals surface area contributed by atoms with Gasteiger partial charge >= 0.3 is 42.4 Å². The van der Waals surface area contributed by atoms with Crippen LogP contribution in [0.5, 0.6) is 0 Å². The maximum absolute atomic E-state index is 13.3. The zero-order valence-corrected chi connectivity index (χ0v) is 32.6. The number of H-pyrrole nitrogens is 1. The lowest BCUT2D eigenvalue weighted by molar-refractivity contribution is -0.193. The number of carboxylic acids is 4. The van der Waals surface area contributed by atoms with E-state index in [-0.39, 0.29) is 24.4 Å². The van der Waals surface area contributed by atoms with Crippen molar-refractivity contribution in [3.05, 3.63) is 66.2 Å². The lowest BCUT2D eigenvalue weighted by Gasteiger charge is -2.32. The smallest absolute Gasteiger partial charge is 0.480 e. The SMILES string of the molecule is CSCCC(NC(=O)CN(Cc1cccc2ccccc12)C[C@@H]1CCCN1C(=O)[C@H](N)Cc1c[nH]cn1)C(=O)O.O=C(O)C(F)(F)F.O=C(O)C(F)(F)F.O=C(O)C(F)(F)F. The normalized spacial score (nSPS) is 14.9. The first-order valence-electron chi connectivity index (χ1n) is 17.3. The molecule has 1 aromatic heterocycles. The second kappa shape index (κ2) is 24.6. The number of aliphatic carboxylic acids is 4. The Kier molecular flexibility index (Phi) is 21.5. The maximum Gasteiger partial charge on any atom is 0.490 e. The number of carbonyl (C=O) groups excluding carboxylic acids is 2. The molecule has 1 saturated heterocycles. The molecule has 340 valence electrons. The van der Waals surface area contributed by atoms with Crippen LogP contribution >= 0.6 is 11.8 Å². The molecule has 3 atom stereocenters. The van der Waals surface area contributed by atoms with Crippen molar-refractivity contribution in [1.29, 1.82) is 0 Å². The first-order valence-corrected chi connectivity index (χ1v) is 18.7. The molecule has 0 saturated carbocycles. The van der Waals surface area contributed by atoms with Crippen LogP contribution in [0.1, 0.15) is 30.5 Å². The molecule has 0 aliphatic carbocycles. The van der Waals surface area contributed by atoms with Gasteiger partial charge in [0.1, 0.15) is 6.04 Å². The molecule has 2 amide bonds. The summed E-state index contributed by atoms with van der Waals surface area (Å²) in [6.45, 7) is 1.58. The highest BCUT2D eigenvalue weighted by Crippen LogP contribution is 2.24. The van der Waals surface area contributed by atoms with Gasteiger partial charge in [-0.3, -0.25) is 14.5 Å². The van der Waals surface area contributed by atoms with Gasteiger partial charge in [-0.1, -0.05) is 42.5 Å². The van der Waals surface area contributed by atoms with Crippen LogP contribution < -0.4 is 11.1 Å². The molecule has 0 spiro atoms. The van der Waals surface area contributed by atoms with Crippen molar-refractivity contribution in [2.24, 2.45) is 5.73 Å². The molecule has 1 fully saturated rings. The van der Waals surface area contributed by atoms with E-state index in [4.69, 9.17) is 35.4 Å². The molecule has 2 aromatic carbocycles. The zero-order chi connectivity index (χ0) is 46.7. The molecule has 1 aliphatic rings. The number of imidazole rings is 1. The minimum absolute atomic E-state index is 0.0180. The number of alkyl halides is 9. The van der Waals surface area contributed by atoms with E-state index >= 15 is 0 Å². The van der Waals surface area contributed by atoms with E-state index in [9.17, 15) is 59.0 Å². The number of amides is 2. The predicted molar refractivity (Wildman–Crippen MR) is 198 cm³/mol. The number of halogens is 9. The topological polar surface area (TPSA) is 257 Å². The van der Waals surface area contributed by atoms with Crippen molar-refractivity contribution in [2.45, 2.75) is 68.9 Å². The van der Waals surface area contributed by atoms with E-state index < -0.39 is 54.5 Å². The maximum atomic E-state index is 13.3. The average molecular weight is 909 g/mol. The number of nitrogens with zero attached hydrogens (tertiary/aromatic N) is 3. The molecular weight excluding hydrogens is 867 g/mol. The van der Waals surface area contributed by atoms with Gasteiger partial charge in [0.25, 0.3) is 0 Å². The van der Waals surface area contributed by atoms with Crippen LogP contribution in [0.3, 0.4) is 0 Å². The summed E-state index contributed by atoms with van der Waals surface area (Å²) >= 11 is 1.54. The Bertz CT molecular complexity index is 1840. The Labute approximate surface area is 344 Å². The summed E-state index contributed by atoms with van der Waals surface area (Å²) in [7, 11) is 0. The summed E-state index contributed by atoms with van der Waals surface area (Å²) in [5.41, 5.74) is 8.09. The number of carboxylic acid groups (broad SMARTS) is 4. The predicted octanol–water partition coefficient (Wildman–Crippen LogP) is 4.15. The molecule has 4 rings (SSSR count). The quantitative estimate of drug-likeness (QED) is 0.112. The Balaban J connectivity index is 0.000000726. The van der Waals surface area contributed by atoms with Gasteiger partial charge in [-0.05, 0) is 47.6 Å². The minimum atomic E-state index is -5.08. The van der Waals surface area contributed by atoms with E-state index in [2.05, 4.69) is 33.5 Å². The van der Waals surface area contributed by atoms with Crippen molar-refractivity contribution in [1.82, 2.24) is 25.1 Å². The van der Waals surface area contributed by atoms with Crippen molar-refractivity contribution in [2.75, 3.05) is 31.6 Å². The standard InChI is InChI=1S/C29H38N6O4S.3C2HF3O2/c1-40-13-11-26(29(38)39)33-27(36)18-34(16-21-8-4-7-20-6-2-3-10-24(20)21)17-23-9-5-12-35(23)28(37)25(30)14-22-15-31-19-32-22;3*3-2(4,5)1(6)7/h2-4,6-8,10,15,19,23,25-26H,5,9,11-14,16-18,30H2,1H3,(H,31,32)(H,33,36)(H,38,39);3*(H,6,7)/t23-,25+,26?;;;/m0.../s1. The van der Waals surface area contributed by atoms with E-state index in [0.29, 0.717) is 38.2 Å². The van der Waals surface area contributed by atoms with Gasteiger partial charge in [-0.15, -0.1) is 0 Å². The number of aromatic amines is 1. The number of fused-ring (bicyclic) bond motifs is 1. The number of aromatic nitrogens is 2. The van der Waals surface area contributed by atoms with Gasteiger partial charge in [0.15, 0.2) is 0 Å². The van der Waals surface area contributed by atoms with Crippen molar-refractivity contribution >= 4 is 58.2 Å². The highest BCUT2D eigenvalue weighted by atomic mass is 32.2. The molecule has 0 bridgehead atoms. The second-order valence-electron chi connectivity index (χ2n) is 12.7. The van der Waals surface area contributed by atoms with E-state index in [0.717, 1.165) is 34.9 Å². The Morgan fingerprint density at radius 3 is 1.93 bits per heavy atom. The lowest BCUT2D eigenvalue weighted by Crippen LogP contribution is -2.51. The van der Waals surface area contributed by atoms with Gasteiger partial charge in [-0.25, -0.2) is 24.2 Å². The minimum Gasteiger partial charge on any atom is -0.480 e. The average Bonchev–Trinajstić information content (AvgIpc) is 3.85. The molecule has 16 nitrogen and oxygen atoms in total. The summed E-state index contributed by atoms with van der Waals surface area (Å²) in [6, 6.07) is 12.4. The van der Waals surface area contributed by atoms with Gasteiger partial charge in [0, 0.05) is 38.3 Å². The van der Waals surface area contributed by atoms with Crippen molar-refractivity contribution < 1.29 is 88.7 Å². The number of likely N-dealkylation sites (tertiary alicyclic amines) is 1. The van der Waals surface area contributed by atoms with E-state index in [1.807, 2.05) is 40.3 Å². The fourth-order valence-electron chi connectivity index (χ4n) is 5.33. The molecule has 1 aliphatic heterocycles. The molecule has 2 heterocycles. The highest BCUT2D eigenvalue weighted by Gasteiger charge is 2.39. The summed E-state index contributed by atoms with van der Waals surface area (Å²) in [5, 5.41) is 35.9. The molecule has 26 heteroatoms. The number of hydrogen-bond donors (Lipinski definition) is 7. The van der Waals surface area contributed by atoms with Crippen LogP contribution in [0, 0.1) is 0 Å². The Hall–Kier alpha value is -5.63. The molecule has 1 unspecified atom stereocenters. The third kappa shape index (κ3) is 20.0. The fraction of sp³-hybridized carbons (Fsp3) is 0.457. The number of thioether (sulfide) groups is 1. The van der Waals surface area contributed by atoms with Gasteiger partial charge < -0.3 is 41.4 Å². The van der Waals surface area contributed by atoms with Crippen LogP contribution in [-0.2, 0) is 41.7 Å².